The molecule has 1 aromatic carbocycles. The number of amides is 1. The summed E-state index contributed by atoms with van der Waals surface area (Å²) in [6.45, 7) is -0.600. The van der Waals surface area contributed by atoms with Crippen molar-refractivity contribution in [3.8, 4) is 0 Å². The number of nitrogens with one attached hydrogen (secondary N) is 1. The van der Waals surface area contributed by atoms with E-state index < -0.39 is 41.1 Å². The van der Waals surface area contributed by atoms with Crippen molar-refractivity contribution in [1.82, 2.24) is 4.90 Å². The van der Waals surface area contributed by atoms with Crippen LogP contribution in [0.2, 0.25) is 0 Å². The molecular formula is C13H12F3N3O3. The molecule has 22 heavy (non-hydrogen) atoms. The highest BCUT2D eigenvalue weighted by molar-refractivity contribution is 6.06. The van der Waals surface area contributed by atoms with Gasteiger partial charge in [0.15, 0.2) is 5.54 Å². The molecule has 2 heterocycles. The molecule has 3 rings (SSSR count). The topological polar surface area (TPSA) is 75.5 Å². The Morgan fingerprint density at radius 3 is 2.64 bits per heavy atom. The smallest absolute Gasteiger partial charge is 0.324 e. The number of nitrogens with zero attached hydrogens (tertiary/aromatic N) is 2. The fourth-order valence-electron chi connectivity index (χ4n) is 3.57. The number of hydrogen-bond donors (Lipinski definition) is 1. The van der Waals surface area contributed by atoms with Gasteiger partial charge in [0.2, 0.25) is 0 Å². The quantitative estimate of drug-likeness (QED) is 0.631. The number of anilines is 1. The number of nitro groups is 1. The third-order valence-electron chi connectivity index (χ3n) is 4.46. The number of carbonyl (C=O) groups is 1. The van der Waals surface area contributed by atoms with Gasteiger partial charge in [-0.05, 0) is 13.1 Å². The molecule has 118 valence electrons. The molecule has 1 saturated heterocycles. The van der Waals surface area contributed by atoms with E-state index in [1.165, 1.54) is 19.2 Å². The molecule has 0 aromatic heterocycles. The summed E-state index contributed by atoms with van der Waals surface area (Å²) in [7, 11) is 1.31. The van der Waals surface area contributed by atoms with E-state index in [1.54, 1.807) is 12.1 Å². The van der Waals surface area contributed by atoms with Gasteiger partial charge in [-0.1, -0.05) is 18.2 Å². The predicted octanol–water partition coefficient (Wildman–Crippen LogP) is 1.60. The Morgan fingerprint density at radius 2 is 2.05 bits per heavy atom. The van der Waals surface area contributed by atoms with Gasteiger partial charge in [-0.3, -0.25) is 19.8 Å². The van der Waals surface area contributed by atoms with Crippen molar-refractivity contribution in [3.63, 3.8) is 0 Å². The maximum absolute atomic E-state index is 13.2. The fourth-order valence-corrected chi connectivity index (χ4v) is 3.57. The lowest BCUT2D eigenvalue weighted by molar-refractivity contribution is -0.546. The second-order valence-electron chi connectivity index (χ2n) is 5.52. The van der Waals surface area contributed by atoms with Gasteiger partial charge < -0.3 is 5.32 Å². The van der Waals surface area contributed by atoms with Gasteiger partial charge in [0, 0.05) is 22.7 Å². The van der Waals surface area contributed by atoms with Gasteiger partial charge in [-0.15, -0.1) is 0 Å². The maximum atomic E-state index is 13.2. The monoisotopic (exact) mass is 315 g/mol. The van der Waals surface area contributed by atoms with E-state index in [0.717, 1.165) is 4.90 Å². The van der Waals surface area contributed by atoms with E-state index in [-0.39, 0.29) is 5.56 Å². The Morgan fingerprint density at radius 1 is 1.41 bits per heavy atom. The van der Waals surface area contributed by atoms with Crippen LogP contribution in [0.5, 0.6) is 0 Å². The van der Waals surface area contributed by atoms with Gasteiger partial charge in [0.05, 0.1) is 0 Å². The third-order valence-corrected chi connectivity index (χ3v) is 4.46. The van der Waals surface area contributed by atoms with Gasteiger partial charge in [0.1, 0.15) is 5.92 Å². The highest BCUT2D eigenvalue weighted by atomic mass is 19.4. The second-order valence-corrected chi connectivity index (χ2v) is 5.52. The summed E-state index contributed by atoms with van der Waals surface area (Å²) in [5, 5.41) is 13.9. The first kappa shape index (κ1) is 14.8. The lowest BCUT2D eigenvalue weighted by Crippen LogP contribution is -2.55. The van der Waals surface area contributed by atoms with Crippen molar-refractivity contribution in [2.45, 2.75) is 17.8 Å². The summed E-state index contributed by atoms with van der Waals surface area (Å²) >= 11 is 0. The van der Waals surface area contributed by atoms with Crippen LogP contribution in [0.4, 0.5) is 18.9 Å². The van der Waals surface area contributed by atoms with Crippen LogP contribution in [0.1, 0.15) is 5.56 Å². The van der Waals surface area contributed by atoms with Gasteiger partial charge in [-0.2, -0.15) is 13.2 Å². The minimum Gasteiger partial charge on any atom is -0.324 e. The van der Waals surface area contributed by atoms with Crippen molar-refractivity contribution in [3.05, 3.63) is 39.9 Å². The highest BCUT2D eigenvalue weighted by Gasteiger charge is 2.73. The number of alkyl halides is 3. The number of fused-ring (bicyclic) bond motifs is 2. The average molecular weight is 315 g/mol. The second kappa shape index (κ2) is 4.42. The largest absolute Gasteiger partial charge is 0.399 e. The molecule has 0 saturated carbocycles. The van der Waals surface area contributed by atoms with E-state index in [1.807, 2.05) is 0 Å². The number of hydrogen-bond acceptors (Lipinski definition) is 4. The van der Waals surface area contributed by atoms with Crippen molar-refractivity contribution >= 4 is 11.6 Å². The summed E-state index contributed by atoms with van der Waals surface area (Å²) < 4.78 is 39.7. The summed E-state index contributed by atoms with van der Waals surface area (Å²) in [5.41, 5.74) is -1.40. The molecular weight excluding hydrogens is 303 g/mol. The predicted molar refractivity (Wildman–Crippen MR) is 69.7 cm³/mol. The van der Waals surface area contributed by atoms with E-state index in [2.05, 4.69) is 5.32 Å². The Balaban J connectivity index is 2.24. The van der Waals surface area contributed by atoms with Crippen LogP contribution in [0.3, 0.4) is 0 Å². The summed E-state index contributed by atoms with van der Waals surface area (Å²) in [6.07, 6.45) is -4.76. The molecule has 6 nitrogen and oxygen atoms in total. The van der Waals surface area contributed by atoms with Crippen LogP contribution >= 0.6 is 0 Å². The van der Waals surface area contributed by atoms with E-state index in [9.17, 15) is 28.1 Å². The Bertz CT molecular complexity index is 663. The minimum absolute atomic E-state index is 0.218. The molecule has 3 atom stereocenters. The number of likely N-dealkylation sites (N-methyl/N-ethyl adjacent to an activating group) is 1. The van der Waals surface area contributed by atoms with Gasteiger partial charge in [0.25, 0.3) is 11.9 Å². The van der Waals surface area contributed by atoms with Crippen molar-refractivity contribution in [1.29, 1.82) is 0 Å². The standard InChI is InChI=1S/C13H12F3N3O3/c1-18-6-8(13(14,15)16)10(19(21)22)12(18)7-4-2-3-5-9(7)17-11(12)20/h2-5,8,10H,6H2,1H3,(H,17,20)/t8-,10+,12+/m0/s1. The summed E-state index contributed by atoms with van der Waals surface area (Å²) in [4.78, 5) is 24.0. The van der Waals surface area contributed by atoms with Crippen LogP contribution in [0.15, 0.2) is 24.3 Å². The molecule has 9 heteroatoms. The van der Waals surface area contributed by atoms with Crippen LogP contribution in [0, 0.1) is 16.0 Å². The molecule has 0 radical (unpaired) electrons. The first-order valence-corrected chi connectivity index (χ1v) is 6.53. The van der Waals surface area contributed by atoms with E-state index >= 15 is 0 Å². The summed E-state index contributed by atoms with van der Waals surface area (Å²) in [5.74, 6) is -2.99. The average Bonchev–Trinajstić information content (AvgIpc) is 2.88. The van der Waals surface area contributed by atoms with Gasteiger partial charge in [-0.25, -0.2) is 0 Å². The number of carbonyl (C=O) groups excluding carboxylic acids is 1. The van der Waals surface area contributed by atoms with Crippen LogP contribution in [-0.4, -0.2) is 41.5 Å². The zero-order valence-corrected chi connectivity index (χ0v) is 11.4. The first-order valence-electron chi connectivity index (χ1n) is 6.53. The Labute approximate surface area is 123 Å². The number of benzene rings is 1. The van der Waals surface area contributed by atoms with E-state index in [0.29, 0.717) is 5.69 Å². The lowest BCUT2D eigenvalue weighted by atomic mass is 9.81. The molecule has 1 spiro atoms. The fraction of sp³-hybridized carbons (Fsp3) is 0.462. The molecule has 1 amide bonds. The molecule has 0 bridgehead atoms. The molecule has 1 N–H and O–H groups in total. The van der Waals surface area contributed by atoms with Crippen LogP contribution in [0.25, 0.3) is 0 Å². The molecule has 2 aliphatic rings. The molecule has 1 aromatic rings. The zero-order chi connectivity index (χ0) is 16.3. The molecule has 0 unspecified atom stereocenters. The van der Waals surface area contributed by atoms with Crippen LogP contribution < -0.4 is 5.32 Å². The number of likely N-dealkylation sites (tertiary alicyclic amines) is 1. The minimum atomic E-state index is -4.76. The zero-order valence-electron chi connectivity index (χ0n) is 11.4. The molecule has 1 fully saturated rings. The third kappa shape index (κ3) is 1.68. The maximum Gasteiger partial charge on any atom is 0.399 e. The highest BCUT2D eigenvalue weighted by Crippen LogP contribution is 2.52. The number of para-hydroxylation sites is 1. The molecule has 0 aliphatic carbocycles. The van der Waals surface area contributed by atoms with Crippen molar-refractivity contribution < 1.29 is 22.9 Å². The van der Waals surface area contributed by atoms with Crippen LogP contribution in [-0.2, 0) is 10.3 Å². The normalized spacial score (nSPS) is 31.4. The summed E-state index contributed by atoms with van der Waals surface area (Å²) in [6, 6.07) is 4.05. The number of halogens is 3. The van der Waals surface area contributed by atoms with E-state index in [4.69, 9.17) is 0 Å². The Kier molecular flexibility index (Phi) is 2.96. The molecule has 2 aliphatic heterocycles. The number of rotatable bonds is 1. The van der Waals surface area contributed by atoms with Gasteiger partial charge >= 0.3 is 6.18 Å². The van der Waals surface area contributed by atoms with Crippen molar-refractivity contribution in [2.24, 2.45) is 5.92 Å². The first-order chi connectivity index (χ1) is 10.2. The SMILES string of the molecule is CN1C[C@H](C(F)(F)F)[C@@H]([N+](=O)[O-])[C@]12C(=O)Nc1ccccc12. The lowest BCUT2D eigenvalue weighted by Gasteiger charge is -2.30. The Hall–Kier alpha value is -2.16. The van der Waals surface area contributed by atoms with Crippen molar-refractivity contribution in [2.75, 3.05) is 18.9 Å².